The second-order valence-electron chi connectivity index (χ2n) is 6.62. The summed E-state index contributed by atoms with van der Waals surface area (Å²) in [5.74, 6) is 0. The lowest BCUT2D eigenvalue weighted by atomic mass is 9.84. The molecule has 0 radical (unpaired) electrons. The van der Waals surface area contributed by atoms with Gasteiger partial charge in [-0.15, -0.1) is 0 Å². The van der Waals surface area contributed by atoms with Gasteiger partial charge >= 0.3 is 0 Å². The van der Waals surface area contributed by atoms with Crippen LogP contribution in [-0.2, 0) is 19.3 Å². The highest BCUT2D eigenvalue weighted by Crippen LogP contribution is 2.39. The lowest BCUT2D eigenvalue weighted by Crippen LogP contribution is -2.11. The monoisotopic (exact) mass is 324 g/mol. The minimum Gasteiger partial charge on any atom is -0.0838 e. The van der Waals surface area contributed by atoms with Gasteiger partial charge in [0.25, 0.3) is 0 Å². The molecule has 0 nitrogen and oxygen atoms in total. The first-order chi connectivity index (χ1) is 8.82. The standard InChI is InChI=1S/C18H29Br/c1-7-13-10-14(8-2)17(15(9-3)11-13)16(19)12-18(4,5)6/h10-11,16H,7-9,12H2,1-6H3. The SMILES string of the molecule is CCc1cc(CC)c(C(Br)CC(C)(C)C)c(CC)c1. The van der Waals surface area contributed by atoms with Crippen LogP contribution in [0.15, 0.2) is 12.1 Å². The molecule has 1 aromatic rings. The van der Waals surface area contributed by atoms with E-state index in [1.807, 2.05) is 0 Å². The molecule has 0 aromatic heterocycles. The van der Waals surface area contributed by atoms with E-state index in [2.05, 4.69) is 69.6 Å². The molecule has 19 heavy (non-hydrogen) atoms. The van der Waals surface area contributed by atoms with Gasteiger partial charge in [0.1, 0.15) is 0 Å². The maximum atomic E-state index is 3.95. The van der Waals surface area contributed by atoms with Crippen LogP contribution in [0.2, 0.25) is 0 Å². The van der Waals surface area contributed by atoms with Gasteiger partial charge in [0.15, 0.2) is 0 Å². The lowest BCUT2D eigenvalue weighted by molar-refractivity contribution is 0.376. The highest BCUT2D eigenvalue weighted by atomic mass is 79.9. The molecule has 0 aliphatic heterocycles. The molecule has 0 spiro atoms. The van der Waals surface area contributed by atoms with E-state index in [1.165, 1.54) is 23.1 Å². The second kappa shape index (κ2) is 6.92. The molecule has 0 aliphatic rings. The Hall–Kier alpha value is -0.300. The summed E-state index contributed by atoms with van der Waals surface area (Å²) in [5, 5.41) is 0. The summed E-state index contributed by atoms with van der Waals surface area (Å²) in [6.07, 6.45) is 4.57. The first kappa shape index (κ1) is 16.8. The summed E-state index contributed by atoms with van der Waals surface area (Å²) in [6.45, 7) is 13.7. The summed E-state index contributed by atoms with van der Waals surface area (Å²) < 4.78 is 0. The molecule has 1 atom stereocenters. The van der Waals surface area contributed by atoms with E-state index in [0.717, 1.165) is 19.3 Å². The Kier molecular flexibility index (Phi) is 6.11. The Morgan fingerprint density at radius 3 is 1.74 bits per heavy atom. The molecule has 0 amide bonds. The minimum absolute atomic E-state index is 0.355. The third kappa shape index (κ3) is 4.63. The first-order valence-corrected chi connectivity index (χ1v) is 8.52. The molecule has 0 heterocycles. The number of hydrogen-bond acceptors (Lipinski definition) is 0. The second-order valence-corrected chi connectivity index (χ2v) is 7.73. The third-order valence-electron chi connectivity index (χ3n) is 3.69. The number of halogens is 1. The summed E-state index contributed by atoms with van der Waals surface area (Å²) >= 11 is 3.95. The van der Waals surface area contributed by atoms with Crippen molar-refractivity contribution in [2.24, 2.45) is 5.41 Å². The van der Waals surface area contributed by atoms with E-state index in [-0.39, 0.29) is 0 Å². The quantitative estimate of drug-likeness (QED) is 0.562. The fourth-order valence-corrected chi connectivity index (χ4v) is 4.24. The molecule has 0 fully saturated rings. The highest BCUT2D eigenvalue weighted by Gasteiger charge is 2.22. The third-order valence-corrected chi connectivity index (χ3v) is 4.47. The zero-order chi connectivity index (χ0) is 14.6. The van der Waals surface area contributed by atoms with E-state index in [9.17, 15) is 0 Å². The van der Waals surface area contributed by atoms with Crippen LogP contribution in [0.25, 0.3) is 0 Å². The lowest BCUT2D eigenvalue weighted by Gasteiger charge is -2.26. The normalized spacial score (nSPS) is 13.6. The number of aryl methyl sites for hydroxylation is 3. The van der Waals surface area contributed by atoms with Gasteiger partial charge in [-0.05, 0) is 53.4 Å². The van der Waals surface area contributed by atoms with Crippen molar-refractivity contribution in [1.29, 1.82) is 0 Å². The molecule has 0 saturated heterocycles. The van der Waals surface area contributed by atoms with Gasteiger partial charge in [0.2, 0.25) is 0 Å². The maximum absolute atomic E-state index is 3.95. The molecule has 1 aromatic carbocycles. The van der Waals surface area contributed by atoms with E-state index >= 15 is 0 Å². The van der Waals surface area contributed by atoms with Crippen molar-refractivity contribution < 1.29 is 0 Å². The summed E-state index contributed by atoms with van der Waals surface area (Å²) in [7, 11) is 0. The van der Waals surface area contributed by atoms with Gasteiger partial charge in [-0.3, -0.25) is 0 Å². The number of alkyl halides is 1. The number of hydrogen-bond donors (Lipinski definition) is 0. The summed E-state index contributed by atoms with van der Waals surface area (Å²) in [5.41, 5.74) is 6.45. The maximum Gasteiger partial charge on any atom is 0.0405 e. The van der Waals surface area contributed by atoms with E-state index < -0.39 is 0 Å². The van der Waals surface area contributed by atoms with Gasteiger partial charge in [-0.1, -0.05) is 69.6 Å². The highest BCUT2D eigenvalue weighted by molar-refractivity contribution is 9.09. The Balaban J connectivity index is 3.23. The molecule has 1 rings (SSSR count). The predicted molar refractivity (Wildman–Crippen MR) is 90.3 cm³/mol. The van der Waals surface area contributed by atoms with Crippen LogP contribution >= 0.6 is 15.9 Å². The minimum atomic E-state index is 0.355. The summed E-state index contributed by atoms with van der Waals surface area (Å²) in [4.78, 5) is 0.475. The Labute approximate surface area is 128 Å². The van der Waals surface area contributed by atoms with Crippen LogP contribution in [0.4, 0.5) is 0 Å². The van der Waals surface area contributed by atoms with Crippen molar-refractivity contribution in [2.75, 3.05) is 0 Å². The van der Waals surface area contributed by atoms with E-state index in [4.69, 9.17) is 0 Å². The Morgan fingerprint density at radius 2 is 1.42 bits per heavy atom. The summed E-state index contributed by atoms with van der Waals surface area (Å²) in [6, 6.07) is 4.82. The molecule has 0 N–H and O–H groups in total. The van der Waals surface area contributed by atoms with Crippen LogP contribution < -0.4 is 0 Å². The van der Waals surface area contributed by atoms with Crippen LogP contribution in [0.5, 0.6) is 0 Å². The predicted octanol–water partition coefficient (Wildman–Crippen LogP) is 6.25. The zero-order valence-electron chi connectivity index (χ0n) is 13.4. The van der Waals surface area contributed by atoms with Gasteiger partial charge in [-0.2, -0.15) is 0 Å². The van der Waals surface area contributed by atoms with Gasteiger partial charge < -0.3 is 0 Å². The van der Waals surface area contributed by atoms with Crippen LogP contribution in [0.3, 0.4) is 0 Å². The molecule has 1 heteroatoms. The van der Waals surface area contributed by atoms with Crippen LogP contribution in [0.1, 0.15) is 75.0 Å². The average molecular weight is 325 g/mol. The number of rotatable bonds is 5. The van der Waals surface area contributed by atoms with Crippen molar-refractivity contribution >= 4 is 15.9 Å². The molecule has 1 unspecified atom stereocenters. The van der Waals surface area contributed by atoms with Crippen molar-refractivity contribution in [3.63, 3.8) is 0 Å². The topological polar surface area (TPSA) is 0 Å². The van der Waals surface area contributed by atoms with E-state index in [0.29, 0.717) is 10.2 Å². The molecule has 108 valence electrons. The molecule has 0 bridgehead atoms. The van der Waals surface area contributed by atoms with Crippen molar-refractivity contribution in [3.05, 3.63) is 34.4 Å². The van der Waals surface area contributed by atoms with Gasteiger partial charge in [0.05, 0.1) is 0 Å². The zero-order valence-corrected chi connectivity index (χ0v) is 15.0. The van der Waals surface area contributed by atoms with E-state index in [1.54, 1.807) is 5.56 Å². The van der Waals surface area contributed by atoms with Crippen molar-refractivity contribution in [2.45, 2.75) is 72.1 Å². The Morgan fingerprint density at radius 1 is 0.947 bits per heavy atom. The Bertz CT molecular complexity index is 387. The first-order valence-electron chi connectivity index (χ1n) is 7.61. The number of benzene rings is 1. The van der Waals surface area contributed by atoms with Gasteiger partial charge in [0, 0.05) is 4.83 Å². The smallest absolute Gasteiger partial charge is 0.0405 e. The van der Waals surface area contributed by atoms with Crippen LogP contribution in [0, 0.1) is 5.41 Å². The molecular formula is C18H29Br. The van der Waals surface area contributed by atoms with Crippen LogP contribution in [-0.4, -0.2) is 0 Å². The van der Waals surface area contributed by atoms with Gasteiger partial charge in [-0.25, -0.2) is 0 Å². The van der Waals surface area contributed by atoms with Crippen molar-refractivity contribution in [3.8, 4) is 0 Å². The molecule has 0 saturated carbocycles. The average Bonchev–Trinajstić information content (AvgIpc) is 2.34. The largest absolute Gasteiger partial charge is 0.0838 e. The molecule has 0 aliphatic carbocycles. The van der Waals surface area contributed by atoms with Crippen molar-refractivity contribution in [1.82, 2.24) is 0 Å². The fraction of sp³-hybridized carbons (Fsp3) is 0.667. The molecular weight excluding hydrogens is 296 g/mol. The fourth-order valence-electron chi connectivity index (χ4n) is 2.68.